The van der Waals surface area contributed by atoms with Crippen LogP contribution in [0.25, 0.3) is 44.9 Å². The summed E-state index contributed by atoms with van der Waals surface area (Å²) >= 11 is 0. The summed E-state index contributed by atoms with van der Waals surface area (Å²) in [7, 11) is 1.54. The number of aryl methyl sites for hydroxylation is 1. The topological polar surface area (TPSA) is 124 Å². The number of hydrogen-bond donors (Lipinski definition) is 1. The minimum atomic E-state index is -0.525. The molecule has 10 heteroatoms. The van der Waals surface area contributed by atoms with Crippen molar-refractivity contribution < 1.29 is 4.52 Å². The molecule has 2 aromatic carbocycles. The van der Waals surface area contributed by atoms with E-state index in [-0.39, 0.29) is 16.9 Å². The molecule has 0 amide bonds. The molecule has 4 heterocycles. The van der Waals surface area contributed by atoms with Crippen LogP contribution >= 0.6 is 0 Å². The fraction of sp³-hybridized carbons (Fsp3) is 0.0833. The monoisotopic (exact) mass is 451 g/mol. The highest BCUT2D eigenvalue weighted by Gasteiger charge is 2.14. The largest absolute Gasteiger partial charge is 0.334 e. The zero-order valence-electron chi connectivity index (χ0n) is 18.0. The predicted molar refractivity (Wildman–Crippen MR) is 125 cm³/mol. The van der Waals surface area contributed by atoms with Gasteiger partial charge in [-0.15, -0.1) is 0 Å². The lowest BCUT2D eigenvalue weighted by Gasteiger charge is -2.05. The zero-order valence-corrected chi connectivity index (χ0v) is 18.0. The van der Waals surface area contributed by atoms with Crippen molar-refractivity contribution in [2.75, 3.05) is 0 Å². The average Bonchev–Trinajstić information content (AvgIpc) is 3.51. The molecule has 0 saturated carbocycles. The van der Waals surface area contributed by atoms with E-state index in [0.717, 1.165) is 22.2 Å². The number of hydrogen-bond acceptors (Lipinski definition) is 7. The van der Waals surface area contributed by atoms with Gasteiger partial charge >= 0.3 is 5.69 Å². The van der Waals surface area contributed by atoms with Gasteiger partial charge in [0.2, 0.25) is 5.82 Å². The van der Waals surface area contributed by atoms with Crippen LogP contribution in [0, 0.1) is 0 Å². The molecular formula is C24H17N7O3. The van der Waals surface area contributed by atoms with Gasteiger partial charge < -0.3 is 9.09 Å². The Morgan fingerprint density at radius 2 is 1.82 bits per heavy atom. The van der Waals surface area contributed by atoms with Crippen molar-refractivity contribution >= 4 is 22.1 Å². The van der Waals surface area contributed by atoms with Gasteiger partial charge in [-0.2, -0.15) is 4.98 Å². The molecule has 1 N–H and O–H groups in total. The van der Waals surface area contributed by atoms with Crippen molar-refractivity contribution in [2.24, 2.45) is 7.05 Å². The summed E-state index contributed by atoms with van der Waals surface area (Å²) in [5.74, 6) is 0.649. The van der Waals surface area contributed by atoms with Gasteiger partial charge in [0, 0.05) is 25.4 Å². The molecule has 6 rings (SSSR count). The van der Waals surface area contributed by atoms with E-state index in [0.29, 0.717) is 17.9 Å². The molecule has 0 radical (unpaired) electrons. The van der Waals surface area contributed by atoms with Crippen molar-refractivity contribution in [1.29, 1.82) is 0 Å². The first-order chi connectivity index (χ1) is 16.6. The Labute approximate surface area is 191 Å². The Balaban J connectivity index is 1.28. The maximum atomic E-state index is 12.2. The summed E-state index contributed by atoms with van der Waals surface area (Å²) in [6.07, 6.45) is 3.33. The summed E-state index contributed by atoms with van der Waals surface area (Å²) in [5, 5.41) is 4.33. The van der Waals surface area contributed by atoms with Crippen LogP contribution in [0.3, 0.4) is 0 Å². The number of pyridine rings is 1. The zero-order chi connectivity index (χ0) is 23.2. The Kier molecular flexibility index (Phi) is 4.44. The standard InChI is InChI=1S/C24H17N7O3/c1-30-21-17(22(32)28-24(30)33)10-16(11-25-21)23-27-20(29-34-23)15-8-6-14(7-9-15)12-31-13-26-18-4-2-3-5-19(18)31/h2-11,13H,12H2,1H3,(H,28,32,33). The van der Waals surface area contributed by atoms with Gasteiger partial charge in [-0.05, 0) is 23.8 Å². The number of aromatic amines is 1. The molecule has 0 fully saturated rings. The van der Waals surface area contributed by atoms with Gasteiger partial charge in [0.05, 0.1) is 28.3 Å². The molecule has 0 aliphatic rings. The van der Waals surface area contributed by atoms with Crippen molar-refractivity contribution in [3.8, 4) is 22.8 Å². The molecule has 34 heavy (non-hydrogen) atoms. The molecule has 6 aromatic rings. The fourth-order valence-electron chi connectivity index (χ4n) is 3.90. The minimum Gasteiger partial charge on any atom is -0.334 e. The van der Waals surface area contributed by atoms with Gasteiger partial charge in [0.15, 0.2) is 0 Å². The maximum Gasteiger partial charge on any atom is 0.329 e. The number of nitrogens with one attached hydrogen (secondary N) is 1. The van der Waals surface area contributed by atoms with Crippen LogP contribution in [0.2, 0.25) is 0 Å². The number of aromatic nitrogens is 7. The second kappa shape index (κ2) is 7.62. The molecule has 166 valence electrons. The molecule has 0 atom stereocenters. The third-order valence-electron chi connectivity index (χ3n) is 5.72. The molecule has 0 aliphatic heterocycles. The first-order valence-electron chi connectivity index (χ1n) is 10.5. The van der Waals surface area contributed by atoms with E-state index in [2.05, 4.69) is 29.7 Å². The Hall–Kier alpha value is -4.86. The van der Waals surface area contributed by atoms with Crippen LogP contribution in [0.1, 0.15) is 5.56 Å². The van der Waals surface area contributed by atoms with E-state index in [1.165, 1.54) is 17.8 Å². The summed E-state index contributed by atoms with van der Waals surface area (Å²) < 4.78 is 8.79. The van der Waals surface area contributed by atoms with E-state index in [9.17, 15) is 9.59 Å². The molecule has 0 spiro atoms. The number of fused-ring (bicyclic) bond motifs is 2. The summed E-state index contributed by atoms with van der Waals surface area (Å²) in [6.45, 7) is 0.693. The maximum absolute atomic E-state index is 12.2. The lowest BCUT2D eigenvalue weighted by atomic mass is 10.1. The minimum absolute atomic E-state index is 0.228. The van der Waals surface area contributed by atoms with E-state index in [4.69, 9.17) is 4.52 Å². The first kappa shape index (κ1) is 19.8. The molecule has 4 aromatic heterocycles. The molecule has 0 saturated heterocycles. The lowest BCUT2D eigenvalue weighted by molar-refractivity contribution is 0.432. The van der Waals surface area contributed by atoms with Gasteiger partial charge in [0.25, 0.3) is 11.4 Å². The molecule has 10 nitrogen and oxygen atoms in total. The fourth-order valence-corrected chi connectivity index (χ4v) is 3.90. The van der Waals surface area contributed by atoms with Gasteiger partial charge in [0.1, 0.15) is 5.65 Å². The SMILES string of the molecule is Cn1c(=O)[nH]c(=O)c2cc(-c3nc(-c4ccc(Cn5cnc6ccccc65)cc4)no3)cnc21. The molecule has 0 unspecified atom stereocenters. The molecule has 0 aliphatic carbocycles. The number of H-pyrrole nitrogens is 1. The van der Waals surface area contributed by atoms with E-state index < -0.39 is 11.2 Å². The quantitative estimate of drug-likeness (QED) is 0.437. The number of nitrogens with zero attached hydrogens (tertiary/aromatic N) is 6. The van der Waals surface area contributed by atoms with Crippen LogP contribution in [0.15, 0.2) is 81.2 Å². The van der Waals surface area contributed by atoms with Gasteiger partial charge in [-0.1, -0.05) is 41.6 Å². The normalized spacial score (nSPS) is 11.4. The van der Waals surface area contributed by atoms with E-state index in [1.807, 2.05) is 54.9 Å². The second-order valence-electron chi connectivity index (χ2n) is 7.89. The lowest BCUT2D eigenvalue weighted by Crippen LogP contribution is -2.28. The van der Waals surface area contributed by atoms with Crippen LogP contribution in [0.5, 0.6) is 0 Å². The van der Waals surface area contributed by atoms with Gasteiger partial charge in [-0.3, -0.25) is 14.3 Å². The van der Waals surface area contributed by atoms with Crippen LogP contribution < -0.4 is 11.2 Å². The summed E-state index contributed by atoms with van der Waals surface area (Å²) in [4.78, 5) is 39.4. The van der Waals surface area contributed by atoms with Crippen LogP contribution in [-0.4, -0.2) is 34.2 Å². The van der Waals surface area contributed by atoms with Crippen LogP contribution in [-0.2, 0) is 13.6 Å². The first-order valence-corrected chi connectivity index (χ1v) is 10.5. The third-order valence-corrected chi connectivity index (χ3v) is 5.72. The van der Waals surface area contributed by atoms with E-state index >= 15 is 0 Å². The predicted octanol–water partition coefficient (Wildman–Crippen LogP) is 2.74. The molecule has 0 bridgehead atoms. The van der Waals surface area contributed by atoms with Crippen molar-refractivity contribution in [1.82, 2.24) is 34.2 Å². The van der Waals surface area contributed by atoms with Crippen molar-refractivity contribution in [3.63, 3.8) is 0 Å². The third kappa shape index (κ3) is 3.28. The van der Waals surface area contributed by atoms with Gasteiger partial charge in [-0.25, -0.2) is 14.8 Å². The number of rotatable bonds is 4. The highest BCUT2D eigenvalue weighted by molar-refractivity contribution is 5.78. The summed E-state index contributed by atoms with van der Waals surface area (Å²) in [6, 6.07) is 17.5. The number of imidazole rings is 1. The second-order valence-corrected chi connectivity index (χ2v) is 7.89. The molecular weight excluding hydrogens is 434 g/mol. The Bertz CT molecular complexity index is 1790. The summed E-state index contributed by atoms with van der Waals surface area (Å²) in [5.41, 5.74) is 3.67. The number of benzene rings is 2. The van der Waals surface area contributed by atoms with E-state index in [1.54, 1.807) is 6.07 Å². The Morgan fingerprint density at radius 1 is 1.00 bits per heavy atom. The van der Waals surface area contributed by atoms with Crippen LogP contribution in [0.4, 0.5) is 0 Å². The highest BCUT2D eigenvalue weighted by atomic mass is 16.5. The smallest absolute Gasteiger partial charge is 0.329 e. The Morgan fingerprint density at radius 3 is 2.68 bits per heavy atom. The van der Waals surface area contributed by atoms with Crippen molar-refractivity contribution in [3.05, 3.63) is 93.5 Å². The van der Waals surface area contributed by atoms with Crippen molar-refractivity contribution in [2.45, 2.75) is 6.54 Å². The average molecular weight is 451 g/mol. The highest BCUT2D eigenvalue weighted by Crippen LogP contribution is 2.24. The number of para-hydroxylation sites is 2.